The molecule has 1 N–H and O–H groups in total. The largest absolute Gasteiger partial charge is 0.476 e. The normalized spacial score (nSPS) is 15.6. The Morgan fingerprint density at radius 3 is 2.33 bits per heavy atom. The molecule has 2 aromatic rings. The maximum absolute atomic E-state index is 12.5. The zero-order valence-electron chi connectivity index (χ0n) is 14.4. The van der Waals surface area contributed by atoms with Crippen molar-refractivity contribution in [3.05, 3.63) is 47.8 Å². The summed E-state index contributed by atoms with van der Waals surface area (Å²) in [4.78, 5) is 24.6. The zero-order chi connectivity index (χ0) is 19.4. The van der Waals surface area contributed by atoms with Crippen molar-refractivity contribution in [2.24, 2.45) is 0 Å². The molecule has 0 spiro atoms. The molecule has 0 aliphatic carbocycles. The van der Waals surface area contributed by atoms with Gasteiger partial charge in [0.15, 0.2) is 5.69 Å². The average molecular weight is 393 g/mol. The first-order valence-electron chi connectivity index (χ1n) is 8.28. The van der Waals surface area contributed by atoms with E-state index >= 15 is 0 Å². The topological polar surface area (TPSA) is 126 Å². The third kappa shape index (κ3) is 4.68. The molecule has 1 aromatic heterocycles. The number of aromatic carboxylic acids is 1. The summed E-state index contributed by atoms with van der Waals surface area (Å²) in [5.74, 6) is -1.55. The summed E-state index contributed by atoms with van der Waals surface area (Å²) >= 11 is 0. The van der Waals surface area contributed by atoms with Crippen LogP contribution in [0.25, 0.3) is 0 Å². The van der Waals surface area contributed by atoms with Crippen molar-refractivity contribution < 1.29 is 23.1 Å². The Bertz CT molecular complexity index is 920. The maximum atomic E-state index is 12.5. The van der Waals surface area contributed by atoms with Crippen LogP contribution in [0.4, 0.5) is 0 Å². The van der Waals surface area contributed by atoms with E-state index in [9.17, 15) is 18.0 Å². The fourth-order valence-electron chi connectivity index (χ4n) is 2.80. The number of carbonyl (C=O) groups excluding carboxylic acids is 1. The smallest absolute Gasteiger partial charge is 0.358 e. The molecular formula is C16H19N5O5S. The Balaban J connectivity index is 1.54. The molecule has 0 unspecified atom stereocenters. The van der Waals surface area contributed by atoms with E-state index in [1.165, 1.54) is 15.4 Å². The van der Waals surface area contributed by atoms with Crippen LogP contribution < -0.4 is 0 Å². The average Bonchev–Trinajstić information content (AvgIpc) is 3.11. The second kappa shape index (κ2) is 7.84. The molecule has 1 amide bonds. The molecule has 1 fully saturated rings. The van der Waals surface area contributed by atoms with E-state index in [1.807, 2.05) is 6.07 Å². The summed E-state index contributed by atoms with van der Waals surface area (Å²) in [6, 6.07) is 8.94. The highest BCUT2D eigenvalue weighted by Gasteiger charge is 2.29. The van der Waals surface area contributed by atoms with Crippen LogP contribution in [0.3, 0.4) is 0 Å². The highest BCUT2D eigenvalue weighted by Crippen LogP contribution is 2.14. The van der Waals surface area contributed by atoms with Gasteiger partial charge in [-0.3, -0.25) is 4.79 Å². The first-order chi connectivity index (χ1) is 12.8. The molecular weight excluding hydrogens is 374 g/mol. The molecule has 0 radical (unpaired) electrons. The van der Waals surface area contributed by atoms with Crippen molar-refractivity contribution >= 4 is 21.9 Å². The molecule has 27 heavy (non-hydrogen) atoms. The highest BCUT2D eigenvalue weighted by atomic mass is 32.2. The predicted octanol–water partition coefficient (Wildman–Crippen LogP) is -0.349. The molecule has 11 heteroatoms. The van der Waals surface area contributed by atoms with Gasteiger partial charge in [-0.1, -0.05) is 35.5 Å². The lowest BCUT2D eigenvalue weighted by atomic mass is 10.2. The molecule has 3 rings (SSSR count). The third-order valence-electron chi connectivity index (χ3n) is 4.23. The zero-order valence-corrected chi connectivity index (χ0v) is 15.2. The van der Waals surface area contributed by atoms with Crippen LogP contribution >= 0.6 is 0 Å². The van der Waals surface area contributed by atoms with Gasteiger partial charge in [-0.25, -0.2) is 17.9 Å². The monoisotopic (exact) mass is 393 g/mol. The third-order valence-corrected chi connectivity index (χ3v) is 6.08. The molecule has 0 saturated carbocycles. The number of piperazine rings is 1. The van der Waals surface area contributed by atoms with Gasteiger partial charge in [0.1, 0.15) is 6.54 Å². The van der Waals surface area contributed by atoms with E-state index in [0.717, 1.165) is 10.2 Å². The fraction of sp³-hybridized carbons (Fsp3) is 0.375. The number of nitrogens with zero attached hydrogens (tertiary/aromatic N) is 5. The number of carboxylic acid groups (broad SMARTS) is 1. The number of aromatic nitrogens is 3. The number of carbonyl (C=O) groups is 2. The summed E-state index contributed by atoms with van der Waals surface area (Å²) in [5, 5.41) is 15.9. The number of sulfonamides is 1. The van der Waals surface area contributed by atoms with Crippen LogP contribution in [0.1, 0.15) is 16.1 Å². The van der Waals surface area contributed by atoms with E-state index in [2.05, 4.69) is 10.3 Å². The first-order valence-corrected chi connectivity index (χ1v) is 9.89. The fourth-order valence-corrected chi connectivity index (χ4v) is 4.32. The highest BCUT2D eigenvalue weighted by molar-refractivity contribution is 7.88. The van der Waals surface area contributed by atoms with Crippen LogP contribution in [0.2, 0.25) is 0 Å². The summed E-state index contributed by atoms with van der Waals surface area (Å²) in [6.45, 7) is 0.842. The summed E-state index contributed by atoms with van der Waals surface area (Å²) in [5.41, 5.74) is 0.482. The van der Waals surface area contributed by atoms with Gasteiger partial charge in [-0.05, 0) is 5.56 Å². The first kappa shape index (κ1) is 19.0. The molecule has 1 saturated heterocycles. The van der Waals surface area contributed by atoms with Crippen molar-refractivity contribution in [3.8, 4) is 0 Å². The van der Waals surface area contributed by atoms with E-state index < -0.39 is 16.0 Å². The van der Waals surface area contributed by atoms with E-state index in [0.29, 0.717) is 0 Å². The van der Waals surface area contributed by atoms with Crippen molar-refractivity contribution in [1.82, 2.24) is 24.2 Å². The van der Waals surface area contributed by atoms with Crippen LogP contribution in [0.5, 0.6) is 0 Å². The number of hydrogen-bond donors (Lipinski definition) is 1. The number of carboxylic acids is 1. The molecule has 144 valence electrons. The molecule has 0 bridgehead atoms. The minimum absolute atomic E-state index is 0.0707. The standard InChI is InChI=1S/C16H19N5O5S/c22-15(11-20-10-14(16(23)24)17-18-20)19-6-8-21(9-7-19)27(25,26)12-13-4-2-1-3-5-13/h1-5,10H,6-9,11-12H2,(H,23,24). The quantitative estimate of drug-likeness (QED) is 0.711. The van der Waals surface area contributed by atoms with Crippen molar-refractivity contribution in [2.75, 3.05) is 26.2 Å². The second-order valence-corrected chi connectivity index (χ2v) is 8.10. The Labute approximate surface area is 156 Å². The predicted molar refractivity (Wildman–Crippen MR) is 94.2 cm³/mol. The van der Waals surface area contributed by atoms with E-state index in [-0.39, 0.29) is 50.1 Å². The SMILES string of the molecule is O=C(O)c1cn(CC(=O)N2CCN(S(=O)(=O)Cc3ccccc3)CC2)nn1. The Morgan fingerprint density at radius 2 is 1.74 bits per heavy atom. The van der Waals surface area contributed by atoms with Crippen LogP contribution in [0.15, 0.2) is 36.5 Å². The van der Waals surface area contributed by atoms with E-state index in [4.69, 9.17) is 5.11 Å². The molecule has 1 aromatic carbocycles. The minimum Gasteiger partial charge on any atom is -0.476 e. The lowest BCUT2D eigenvalue weighted by Crippen LogP contribution is -2.51. The Morgan fingerprint density at radius 1 is 1.07 bits per heavy atom. The number of benzene rings is 1. The van der Waals surface area contributed by atoms with Crippen LogP contribution in [-0.2, 0) is 27.1 Å². The molecule has 1 aliphatic heterocycles. The summed E-state index contributed by atoms with van der Waals surface area (Å²) < 4.78 is 27.6. The summed E-state index contributed by atoms with van der Waals surface area (Å²) in [7, 11) is -3.45. The minimum atomic E-state index is -3.45. The second-order valence-electron chi connectivity index (χ2n) is 6.13. The van der Waals surface area contributed by atoms with Crippen LogP contribution in [0, 0.1) is 0 Å². The van der Waals surface area contributed by atoms with Gasteiger partial charge >= 0.3 is 5.97 Å². The van der Waals surface area contributed by atoms with Gasteiger partial charge < -0.3 is 10.0 Å². The number of hydrogen-bond acceptors (Lipinski definition) is 6. The van der Waals surface area contributed by atoms with Gasteiger partial charge in [0.2, 0.25) is 15.9 Å². The lowest BCUT2D eigenvalue weighted by molar-refractivity contribution is -0.133. The Kier molecular flexibility index (Phi) is 5.51. The van der Waals surface area contributed by atoms with Crippen molar-refractivity contribution in [1.29, 1.82) is 0 Å². The number of rotatable bonds is 6. The van der Waals surface area contributed by atoms with Crippen molar-refractivity contribution in [2.45, 2.75) is 12.3 Å². The molecule has 0 atom stereocenters. The lowest BCUT2D eigenvalue weighted by Gasteiger charge is -2.34. The summed E-state index contributed by atoms with van der Waals surface area (Å²) in [6.07, 6.45) is 1.18. The van der Waals surface area contributed by atoms with Gasteiger partial charge in [-0.2, -0.15) is 4.31 Å². The van der Waals surface area contributed by atoms with Gasteiger partial charge in [0.25, 0.3) is 0 Å². The molecule has 10 nitrogen and oxygen atoms in total. The molecule has 1 aliphatic rings. The van der Waals surface area contributed by atoms with Gasteiger partial charge in [-0.15, -0.1) is 5.10 Å². The number of amides is 1. The molecule has 2 heterocycles. The van der Waals surface area contributed by atoms with E-state index in [1.54, 1.807) is 24.3 Å². The van der Waals surface area contributed by atoms with Gasteiger partial charge in [0, 0.05) is 26.2 Å². The van der Waals surface area contributed by atoms with Gasteiger partial charge in [0.05, 0.1) is 11.9 Å². The van der Waals surface area contributed by atoms with Crippen LogP contribution in [-0.4, -0.2) is 75.8 Å². The van der Waals surface area contributed by atoms with Crippen molar-refractivity contribution in [3.63, 3.8) is 0 Å². The Hall–Kier alpha value is -2.79. The maximum Gasteiger partial charge on any atom is 0.358 e.